The van der Waals surface area contributed by atoms with Gasteiger partial charge in [0.05, 0.1) is 6.10 Å². The molecule has 5 nitrogen and oxygen atoms in total. The van der Waals surface area contributed by atoms with E-state index in [9.17, 15) is 9.90 Å². The molecule has 0 bridgehead atoms. The molecule has 19 heavy (non-hydrogen) atoms. The van der Waals surface area contributed by atoms with Gasteiger partial charge in [-0.3, -0.25) is 4.79 Å². The van der Waals surface area contributed by atoms with E-state index in [2.05, 4.69) is 0 Å². The van der Waals surface area contributed by atoms with Crippen LogP contribution in [0.2, 0.25) is 0 Å². The average Bonchev–Trinajstić information content (AvgIpc) is 2.41. The first-order valence-corrected chi connectivity index (χ1v) is 6.50. The van der Waals surface area contributed by atoms with Gasteiger partial charge in [-0.25, -0.2) is 0 Å². The van der Waals surface area contributed by atoms with Crippen LogP contribution in [0.25, 0.3) is 0 Å². The molecule has 0 spiro atoms. The van der Waals surface area contributed by atoms with Crippen LogP contribution in [0.4, 0.5) is 5.69 Å². The lowest BCUT2D eigenvalue weighted by Crippen LogP contribution is -2.47. The van der Waals surface area contributed by atoms with Crippen molar-refractivity contribution in [3.8, 4) is 5.75 Å². The Kier molecular flexibility index (Phi) is 4.27. The summed E-state index contributed by atoms with van der Waals surface area (Å²) >= 11 is 0. The average molecular weight is 264 g/mol. The molecule has 1 aromatic rings. The second kappa shape index (κ2) is 5.93. The summed E-state index contributed by atoms with van der Waals surface area (Å²) in [6, 6.07) is 6.92. The van der Waals surface area contributed by atoms with E-state index in [0.717, 1.165) is 6.42 Å². The van der Waals surface area contributed by atoms with E-state index in [1.807, 2.05) is 6.92 Å². The number of aliphatic hydroxyl groups excluding tert-OH is 1. The number of anilines is 1. The quantitative estimate of drug-likeness (QED) is 0.795. The Morgan fingerprint density at radius 1 is 1.47 bits per heavy atom. The lowest BCUT2D eigenvalue weighted by Gasteiger charge is -2.34. The van der Waals surface area contributed by atoms with Crippen LogP contribution in [0, 0.1) is 5.92 Å². The highest BCUT2D eigenvalue weighted by molar-refractivity contribution is 5.78. The molecule has 0 aromatic heterocycles. The van der Waals surface area contributed by atoms with Crippen LogP contribution in [0.3, 0.4) is 0 Å². The van der Waals surface area contributed by atoms with Gasteiger partial charge < -0.3 is 20.5 Å². The molecule has 2 rings (SSSR count). The van der Waals surface area contributed by atoms with Gasteiger partial charge >= 0.3 is 0 Å². The summed E-state index contributed by atoms with van der Waals surface area (Å²) in [4.78, 5) is 13.6. The summed E-state index contributed by atoms with van der Waals surface area (Å²) in [6.45, 7) is 3.07. The van der Waals surface area contributed by atoms with E-state index in [1.54, 1.807) is 29.2 Å². The zero-order valence-electron chi connectivity index (χ0n) is 11.1. The van der Waals surface area contributed by atoms with E-state index in [-0.39, 0.29) is 18.4 Å². The largest absolute Gasteiger partial charge is 0.484 e. The number of aliphatic hydroxyl groups is 1. The molecule has 1 amide bonds. The van der Waals surface area contributed by atoms with Crippen molar-refractivity contribution >= 4 is 11.6 Å². The van der Waals surface area contributed by atoms with Crippen LogP contribution >= 0.6 is 0 Å². The molecule has 5 heteroatoms. The highest BCUT2D eigenvalue weighted by atomic mass is 16.5. The van der Waals surface area contributed by atoms with Crippen LogP contribution in [0.5, 0.6) is 5.75 Å². The second-order valence-corrected chi connectivity index (χ2v) is 5.03. The smallest absolute Gasteiger partial charge is 0.260 e. The maximum atomic E-state index is 12.0. The maximum absolute atomic E-state index is 12.0. The van der Waals surface area contributed by atoms with Gasteiger partial charge in [-0.15, -0.1) is 0 Å². The van der Waals surface area contributed by atoms with Gasteiger partial charge in [-0.1, -0.05) is 6.92 Å². The van der Waals surface area contributed by atoms with Gasteiger partial charge in [-0.2, -0.15) is 0 Å². The van der Waals surface area contributed by atoms with Crippen LogP contribution in [-0.2, 0) is 4.79 Å². The second-order valence-electron chi connectivity index (χ2n) is 5.03. The van der Waals surface area contributed by atoms with Crippen molar-refractivity contribution in [2.75, 3.05) is 25.4 Å². The standard InChI is InChI=1S/C14H20N2O3/c1-10-6-7-16(8-13(10)17)14(18)9-19-12-4-2-11(15)3-5-12/h2-5,10,13,17H,6-9,15H2,1H3. The number of nitrogens with two attached hydrogens (primary N) is 1. The van der Waals surface area contributed by atoms with Crippen molar-refractivity contribution in [1.29, 1.82) is 0 Å². The molecule has 1 heterocycles. The van der Waals surface area contributed by atoms with Gasteiger partial charge in [0.1, 0.15) is 5.75 Å². The molecule has 0 saturated carbocycles. The molecule has 2 unspecified atom stereocenters. The fourth-order valence-corrected chi connectivity index (χ4v) is 2.08. The highest BCUT2D eigenvalue weighted by Gasteiger charge is 2.27. The molecule has 0 radical (unpaired) electrons. The van der Waals surface area contributed by atoms with E-state index < -0.39 is 6.10 Å². The van der Waals surface area contributed by atoms with E-state index in [4.69, 9.17) is 10.5 Å². The van der Waals surface area contributed by atoms with Gasteiger partial charge in [0, 0.05) is 18.8 Å². The topological polar surface area (TPSA) is 75.8 Å². The summed E-state index contributed by atoms with van der Waals surface area (Å²) in [5.74, 6) is 0.776. The molecule has 104 valence electrons. The van der Waals surface area contributed by atoms with Crippen LogP contribution in [0.1, 0.15) is 13.3 Å². The molecule has 1 saturated heterocycles. The predicted molar refractivity (Wildman–Crippen MR) is 72.7 cm³/mol. The van der Waals surface area contributed by atoms with Crippen molar-refractivity contribution in [3.05, 3.63) is 24.3 Å². The number of amides is 1. The molecule has 1 aliphatic heterocycles. The first-order chi connectivity index (χ1) is 9.06. The number of β-amino-alcohol motifs (C(OH)–C–C–N with tert-alkyl or cyclic N) is 1. The van der Waals surface area contributed by atoms with Crippen molar-refractivity contribution in [1.82, 2.24) is 4.90 Å². The van der Waals surface area contributed by atoms with Gasteiger partial charge in [0.2, 0.25) is 0 Å². The number of nitrogen functional groups attached to an aromatic ring is 1. The fraction of sp³-hybridized carbons (Fsp3) is 0.500. The number of ether oxygens (including phenoxy) is 1. The lowest BCUT2D eigenvalue weighted by molar-refractivity contribution is -0.137. The molecular weight excluding hydrogens is 244 g/mol. The minimum absolute atomic E-state index is 0.00891. The SMILES string of the molecule is CC1CCN(C(=O)COc2ccc(N)cc2)CC1O. The number of hydrogen-bond donors (Lipinski definition) is 2. The maximum Gasteiger partial charge on any atom is 0.260 e. The molecular formula is C14H20N2O3. The normalized spacial score (nSPS) is 23.2. The number of likely N-dealkylation sites (tertiary alicyclic amines) is 1. The Hall–Kier alpha value is -1.75. The highest BCUT2D eigenvalue weighted by Crippen LogP contribution is 2.17. The number of rotatable bonds is 3. The van der Waals surface area contributed by atoms with Gasteiger partial charge in [0.15, 0.2) is 6.61 Å². The zero-order valence-corrected chi connectivity index (χ0v) is 11.1. The van der Waals surface area contributed by atoms with E-state index >= 15 is 0 Å². The monoisotopic (exact) mass is 264 g/mol. The Morgan fingerprint density at radius 3 is 2.79 bits per heavy atom. The van der Waals surface area contributed by atoms with Crippen LogP contribution in [-0.4, -0.2) is 41.7 Å². The van der Waals surface area contributed by atoms with Crippen molar-refractivity contribution in [2.45, 2.75) is 19.4 Å². The Balaban J connectivity index is 1.83. The summed E-state index contributed by atoms with van der Waals surface area (Å²) in [5, 5.41) is 9.76. The third kappa shape index (κ3) is 3.61. The molecule has 1 fully saturated rings. The summed E-state index contributed by atoms with van der Waals surface area (Å²) in [5.41, 5.74) is 6.23. The minimum Gasteiger partial charge on any atom is -0.484 e. The number of benzene rings is 1. The third-order valence-electron chi connectivity index (χ3n) is 3.51. The molecule has 3 N–H and O–H groups in total. The van der Waals surface area contributed by atoms with Crippen LogP contribution in [0.15, 0.2) is 24.3 Å². The number of hydrogen-bond acceptors (Lipinski definition) is 4. The zero-order chi connectivity index (χ0) is 13.8. The predicted octanol–water partition coefficient (Wildman–Crippen LogP) is 0.877. The number of carbonyl (C=O) groups is 1. The Bertz CT molecular complexity index is 433. The number of carbonyl (C=O) groups excluding carboxylic acids is 1. The number of piperidine rings is 1. The first kappa shape index (κ1) is 13.7. The van der Waals surface area contributed by atoms with Crippen molar-refractivity contribution < 1.29 is 14.6 Å². The third-order valence-corrected chi connectivity index (χ3v) is 3.51. The van der Waals surface area contributed by atoms with Gasteiger partial charge in [-0.05, 0) is 36.6 Å². The molecule has 1 aromatic carbocycles. The number of nitrogens with zero attached hydrogens (tertiary/aromatic N) is 1. The summed E-state index contributed by atoms with van der Waals surface area (Å²) in [6.07, 6.45) is 0.392. The summed E-state index contributed by atoms with van der Waals surface area (Å²) < 4.78 is 5.41. The first-order valence-electron chi connectivity index (χ1n) is 6.50. The minimum atomic E-state index is -0.436. The van der Waals surface area contributed by atoms with Crippen LogP contribution < -0.4 is 10.5 Å². The molecule has 1 aliphatic rings. The van der Waals surface area contributed by atoms with E-state index in [0.29, 0.717) is 24.5 Å². The molecule has 2 atom stereocenters. The fourth-order valence-electron chi connectivity index (χ4n) is 2.08. The van der Waals surface area contributed by atoms with E-state index in [1.165, 1.54) is 0 Å². The van der Waals surface area contributed by atoms with Crippen molar-refractivity contribution in [3.63, 3.8) is 0 Å². The van der Waals surface area contributed by atoms with Crippen molar-refractivity contribution in [2.24, 2.45) is 5.92 Å². The Labute approximate surface area is 113 Å². The lowest BCUT2D eigenvalue weighted by atomic mass is 9.96. The van der Waals surface area contributed by atoms with Gasteiger partial charge in [0.25, 0.3) is 5.91 Å². The molecule has 0 aliphatic carbocycles. The summed E-state index contributed by atoms with van der Waals surface area (Å²) in [7, 11) is 0. The Morgan fingerprint density at radius 2 is 2.16 bits per heavy atom.